The molecule has 18 heteroatoms. The average Bonchev–Trinajstić information content (AvgIpc) is 4.21. The fraction of sp³-hybridized carbons (Fsp3) is 0.404. The van der Waals surface area contributed by atoms with E-state index in [4.69, 9.17) is 30.5 Å². The highest BCUT2D eigenvalue weighted by molar-refractivity contribution is 7.15. The molecule has 390 valence electrons. The molecule has 1 aliphatic carbocycles. The van der Waals surface area contributed by atoms with Crippen LogP contribution in [0.25, 0.3) is 26.4 Å². The van der Waals surface area contributed by atoms with Gasteiger partial charge in [0.1, 0.15) is 46.1 Å². The molecule has 3 aliphatic rings. The zero-order valence-electron chi connectivity index (χ0n) is 43.5. The Labute approximate surface area is 449 Å². The van der Waals surface area contributed by atoms with Crippen LogP contribution in [-0.4, -0.2) is 91.8 Å². The summed E-state index contributed by atoms with van der Waals surface area (Å²) in [4.78, 5) is 69.9. The molecule has 7 aromatic rings. The van der Waals surface area contributed by atoms with Gasteiger partial charge in [-0.2, -0.15) is 0 Å². The summed E-state index contributed by atoms with van der Waals surface area (Å²) in [6, 6.07) is 20.1. The third kappa shape index (κ3) is 10.6. The molecule has 75 heavy (non-hydrogen) atoms. The molecule has 0 bridgehead atoms. The first-order chi connectivity index (χ1) is 35.8. The summed E-state index contributed by atoms with van der Waals surface area (Å²) in [6.45, 7) is 15.9. The van der Waals surface area contributed by atoms with Crippen molar-refractivity contribution in [1.29, 1.82) is 0 Å². The fourth-order valence-electron chi connectivity index (χ4n) is 10.5. The van der Waals surface area contributed by atoms with Crippen molar-refractivity contribution < 1.29 is 33.1 Å². The summed E-state index contributed by atoms with van der Waals surface area (Å²) < 4.78 is 20.2. The van der Waals surface area contributed by atoms with E-state index in [0.29, 0.717) is 53.2 Å². The lowest BCUT2D eigenvalue weighted by atomic mass is 9.78. The third-order valence-corrected chi connectivity index (χ3v) is 17.3. The van der Waals surface area contributed by atoms with E-state index < -0.39 is 29.4 Å². The van der Waals surface area contributed by atoms with Crippen LogP contribution in [0.5, 0.6) is 5.75 Å². The van der Waals surface area contributed by atoms with Crippen molar-refractivity contribution >= 4 is 74.5 Å². The number of fused-ring (bicyclic) bond motifs is 4. The molecular weight excluding hydrogens is 1010 g/mol. The van der Waals surface area contributed by atoms with E-state index in [1.165, 1.54) is 9.78 Å². The van der Waals surface area contributed by atoms with Gasteiger partial charge in [0.25, 0.3) is 5.91 Å². The summed E-state index contributed by atoms with van der Waals surface area (Å²) in [5.41, 5.74) is 8.42. The van der Waals surface area contributed by atoms with E-state index in [-0.39, 0.29) is 60.5 Å². The van der Waals surface area contributed by atoms with Crippen LogP contribution in [0.3, 0.4) is 0 Å². The van der Waals surface area contributed by atoms with Crippen molar-refractivity contribution in [1.82, 2.24) is 35.3 Å². The number of nitrogens with one attached hydrogen (secondary N) is 2. The number of aryl methyl sites for hydroxylation is 3. The highest BCUT2D eigenvalue weighted by Crippen LogP contribution is 2.42. The number of likely N-dealkylation sites (tertiary alicyclic amines) is 1. The van der Waals surface area contributed by atoms with E-state index in [2.05, 4.69) is 44.2 Å². The number of methoxy groups -OCH3 is 1. The Hall–Kier alpha value is -6.53. The molecule has 2 aliphatic heterocycles. The molecule has 3 amide bonds. The smallest absolute Gasteiger partial charge is 0.287 e. The number of aromatic nitrogens is 4. The van der Waals surface area contributed by atoms with Gasteiger partial charge in [-0.05, 0) is 112 Å². The van der Waals surface area contributed by atoms with Crippen molar-refractivity contribution in [2.75, 3.05) is 13.7 Å². The van der Waals surface area contributed by atoms with Crippen LogP contribution in [-0.2, 0) is 19.1 Å². The summed E-state index contributed by atoms with van der Waals surface area (Å²) in [7, 11) is 1.57. The highest BCUT2D eigenvalue weighted by Gasteiger charge is 2.46. The number of hydrogen-bond donors (Lipinski definition) is 2. The number of rotatable bonds is 15. The molecule has 0 radical (unpaired) electrons. The number of amides is 3. The van der Waals surface area contributed by atoms with Gasteiger partial charge < -0.3 is 29.4 Å². The number of ketones is 1. The first kappa shape index (κ1) is 51.9. The number of thiazole rings is 1. The third-order valence-electron chi connectivity index (χ3n) is 14.8. The van der Waals surface area contributed by atoms with Crippen molar-refractivity contribution in [2.45, 2.75) is 124 Å². The van der Waals surface area contributed by atoms with Gasteiger partial charge in [-0.25, -0.2) is 4.98 Å². The number of furan rings is 1. The molecule has 1 saturated carbocycles. The molecule has 0 unspecified atom stereocenters. The Morgan fingerprint density at radius 2 is 1.63 bits per heavy atom. The van der Waals surface area contributed by atoms with Gasteiger partial charge in [0.05, 0.1) is 40.0 Å². The SMILES string of the molecule is CO[C@H]1C[C@@H](C(=O)N[C@@H](C)c2ccc(-c3scnc3C)cc2)N(C(=O)[C@@H](NC(=O)c2cc3cc(OC4CC(CC(=O)C[C@@H]5N=C(c6ccc(Cl)cc6)c6c(sc(C)c6C)-n6c(C)nnc65)C4)ccc3o2)C(C)(C)C)C1. The number of thiophene rings is 1. The molecule has 10 rings (SSSR count). The van der Waals surface area contributed by atoms with Crippen molar-refractivity contribution in [3.8, 4) is 21.2 Å². The van der Waals surface area contributed by atoms with E-state index in [9.17, 15) is 19.2 Å². The number of nitrogens with zero attached hydrogens (tertiary/aromatic N) is 6. The molecule has 2 N–H and O–H groups in total. The first-order valence-corrected chi connectivity index (χ1v) is 27.4. The Kier molecular flexibility index (Phi) is 14.5. The van der Waals surface area contributed by atoms with Gasteiger partial charge in [0.2, 0.25) is 11.8 Å². The van der Waals surface area contributed by atoms with Crippen LogP contribution >= 0.6 is 34.3 Å². The van der Waals surface area contributed by atoms with Crippen molar-refractivity contribution in [3.05, 3.63) is 134 Å². The minimum Gasteiger partial charge on any atom is -0.490 e. The van der Waals surface area contributed by atoms with Gasteiger partial charge >= 0.3 is 0 Å². The summed E-state index contributed by atoms with van der Waals surface area (Å²) in [6.07, 6.45) is 1.88. The van der Waals surface area contributed by atoms with E-state index in [0.717, 1.165) is 54.9 Å². The van der Waals surface area contributed by atoms with Gasteiger partial charge in [-0.1, -0.05) is 68.8 Å². The van der Waals surface area contributed by atoms with Gasteiger partial charge in [0, 0.05) is 59.3 Å². The van der Waals surface area contributed by atoms with Gasteiger partial charge in [-0.3, -0.25) is 28.7 Å². The molecule has 3 aromatic carbocycles. The second kappa shape index (κ2) is 20.9. The topological polar surface area (TPSA) is 183 Å². The predicted octanol–water partition coefficient (Wildman–Crippen LogP) is 10.8. The van der Waals surface area contributed by atoms with E-state index in [1.807, 2.05) is 102 Å². The number of benzene rings is 3. The van der Waals surface area contributed by atoms with Gasteiger partial charge in [-0.15, -0.1) is 32.9 Å². The number of Topliss-reactive ketones (excluding diaryl/α,β-unsaturated/α-hetero) is 1. The predicted molar refractivity (Wildman–Crippen MR) is 291 cm³/mol. The Morgan fingerprint density at radius 3 is 2.32 bits per heavy atom. The minimum atomic E-state index is -1.000. The summed E-state index contributed by atoms with van der Waals surface area (Å²) >= 11 is 9.56. The lowest BCUT2D eigenvalue weighted by Gasteiger charge is -2.35. The quantitative estimate of drug-likeness (QED) is 0.100. The highest BCUT2D eigenvalue weighted by atomic mass is 35.5. The molecule has 6 heterocycles. The number of ether oxygens (including phenoxy) is 2. The molecular formula is C57H61ClN8O7S2. The van der Waals surface area contributed by atoms with Crippen LogP contribution in [0.1, 0.15) is 127 Å². The number of hydrogen-bond acceptors (Lipinski definition) is 13. The van der Waals surface area contributed by atoms with Crippen LogP contribution < -0.4 is 15.4 Å². The van der Waals surface area contributed by atoms with Crippen LogP contribution in [0.2, 0.25) is 5.02 Å². The Bertz CT molecular complexity index is 3340. The van der Waals surface area contributed by atoms with Crippen molar-refractivity contribution in [3.63, 3.8) is 0 Å². The molecule has 5 atom stereocenters. The van der Waals surface area contributed by atoms with Crippen molar-refractivity contribution in [2.24, 2.45) is 16.3 Å². The molecule has 0 spiro atoms. The Morgan fingerprint density at radius 1 is 0.893 bits per heavy atom. The number of aliphatic imine (C=N–C) groups is 1. The van der Waals surface area contributed by atoms with Crippen LogP contribution in [0.15, 0.2) is 87.7 Å². The lowest BCUT2D eigenvalue weighted by Crippen LogP contribution is -2.57. The molecule has 15 nitrogen and oxygen atoms in total. The van der Waals surface area contributed by atoms with Crippen LogP contribution in [0, 0.1) is 39.0 Å². The maximum Gasteiger partial charge on any atom is 0.287 e. The van der Waals surface area contributed by atoms with Crippen LogP contribution in [0.4, 0.5) is 0 Å². The standard InChI is InChI=1S/C57H61ClN8O7S2/c1-29-32(4)75-56-48(29)49(36-14-16-39(58)17-15-36)61-44(52-64-63-33(5)66(52)56)25-40(67)20-34-21-42(22-34)72-41-18-19-46-38(23-41)24-47(73-46)54(69)62-51(57(6,7)8)55(70)65-27-43(71-9)26-45(65)53(68)60-30(2)35-10-12-37(13-11-35)50-31(3)59-28-74-50/h10-19,23-24,28,30,34,42-45,51H,20-22,25-27H2,1-9H3,(H,60,68)(H,62,69)/t30-,34?,42?,43-,44-,45-,51+/m0/s1. The Balaban J connectivity index is 0.759. The molecule has 4 aromatic heterocycles. The monoisotopic (exact) mass is 1070 g/mol. The molecule has 2 fully saturated rings. The van der Waals surface area contributed by atoms with Gasteiger partial charge in [0.15, 0.2) is 11.6 Å². The zero-order valence-corrected chi connectivity index (χ0v) is 45.9. The van der Waals surface area contributed by atoms with E-state index in [1.54, 1.807) is 48.0 Å². The number of carbonyl (C=O) groups excluding carboxylic acids is 4. The maximum atomic E-state index is 14.6. The molecule has 1 saturated heterocycles. The normalized spacial score (nSPS) is 20.1. The summed E-state index contributed by atoms with van der Waals surface area (Å²) in [5, 5.41) is 17.4. The second-order valence-corrected chi connectivity index (χ2v) is 23.7. The largest absolute Gasteiger partial charge is 0.490 e. The average molecular weight is 1070 g/mol. The fourth-order valence-corrected chi connectivity index (χ4v) is 12.6. The first-order valence-electron chi connectivity index (χ1n) is 25.4. The zero-order chi connectivity index (χ0) is 53.0. The second-order valence-electron chi connectivity index (χ2n) is 21.2. The van der Waals surface area contributed by atoms with E-state index >= 15 is 0 Å². The minimum absolute atomic E-state index is 0.0369. The maximum absolute atomic E-state index is 14.6. The number of halogens is 1. The lowest BCUT2D eigenvalue weighted by molar-refractivity contribution is -0.142. The number of carbonyl (C=O) groups is 4. The summed E-state index contributed by atoms with van der Waals surface area (Å²) in [5.74, 6) is 1.07.